The number of rotatable bonds is 7. The molecule has 1 aliphatic heterocycles. The molecule has 2 N–H and O–H groups in total. The fourth-order valence-corrected chi connectivity index (χ4v) is 5.65. The Labute approximate surface area is 228 Å². The van der Waals surface area contributed by atoms with Crippen LogP contribution in [0.4, 0.5) is 5.82 Å². The molecule has 7 heteroatoms. The number of aromatic carboxylic acids is 1. The standard InChI is InChI=1S/C30H30ClN3O2.ClH/c1-20(25-13-7-11-21-10-5-6-12-26(21)25)32-17-23-14-15-34(19-27(23)22-8-3-2-4-9-22)29-28(31)16-24(18-33-29)30(35)36;/h2-13,16,18,20,23,27,32H,14-15,17,19H2,1H3,(H,35,36);1H/t20-,23?,27?;/m1./s1. The second-order valence-corrected chi connectivity index (χ2v) is 9.95. The molecule has 1 fully saturated rings. The van der Waals surface area contributed by atoms with E-state index in [4.69, 9.17) is 11.6 Å². The largest absolute Gasteiger partial charge is 0.478 e. The predicted molar refractivity (Wildman–Crippen MR) is 153 cm³/mol. The first-order chi connectivity index (χ1) is 17.5. The number of halogens is 2. The number of carbonyl (C=O) groups is 1. The highest BCUT2D eigenvalue weighted by molar-refractivity contribution is 6.33. The zero-order valence-corrected chi connectivity index (χ0v) is 22.3. The van der Waals surface area contributed by atoms with Gasteiger partial charge in [-0.05, 0) is 53.8 Å². The molecule has 37 heavy (non-hydrogen) atoms. The Kier molecular flexibility index (Phi) is 8.70. The van der Waals surface area contributed by atoms with E-state index in [2.05, 4.69) is 88.9 Å². The summed E-state index contributed by atoms with van der Waals surface area (Å²) in [6, 6.07) is 27.4. The molecule has 0 saturated carbocycles. The number of hydrogen-bond acceptors (Lipinski definition) is 4. The smallest absolute Gasteiger partial charge is 0.337 e. The molecule has 0 amide bonds. The van der Waals surface area contributed by atoms with Crippen LogP contribution in [0.1, 0.15) is 46.8 Å². The van der Waals surface area contributed by atoms with Crippen LogP contribution in [0.15, 0.2) is 85.1 Å². The van der Waals surface area contributed by atoms with Crippen LogP contribution in [-0.2, 0) is 0 Å². The average molecular weight is 537 g/mol. The molecule has 1 aliphatic rings. The molecule has 3 aromatic carbocycles. The Morgan fingerprint density at radius 1 is 1.11 bits per heavy atom. The van der Waals surface area contributed by atoms with Crippen molar-refractivity contribution < 1.29 is 9.90 Å². The minimum absolute atomic E-state index is 0. The van der Waals surface area contributed by atoms with E-state index in [9.17, 15) is 9.90 Å². The summed E-state index contributed by atoms with van der Waals surface area (Å²) >= 11 is 6.48. The van der Waals surface area contributed by atoms with E-state index in [1.807, 2.05) is 6.07 Å². The molecular formula is C30H31Cl2N3O2. The summed E-state index contributed by atoms with van der Waals surface area (Å²) in [5.41, 5.74) is 2.71. The summed E-state index contributed by atoms with van der Waals surface area (Å²) in [6.45, 7) is 4.73. The summed E-state index contributed by atoms with van der Waals surface area (Å²) in [7, 11) is 0. The van der Waals surface area contributed by atoms with Gasteiger partial charge in [0.25, 0.3) is 0 Å². The molecule has 0 radical (unpaired) electrons. The van der Waals surface area contributed by atoms with E-state index < -0.39 is 5.97 Å². The first-order valence-corrected chi connectivity index (χ1v) is 12.8. The van der Waals surface area contributed by atoms with Gasteiger partial charge in [-0.15, -0.1) is 12.4 Å². The molecule has 1 aromatic heterocycles. The van der Waals surface area contributed by atoms with Gasteiger partial charge >= 0.3 is 5.97 Å². The van der Waals surface area contributed by atoms with Crippen LogP contribution < -0.4 is 10.2 Å². The Balaban J connectivity index is 0.00000320. The van der Waals surface area contributed by atoms with E-state index in [0.717, 1.165) is 26.1 Å². The molecule has 2 heterocycles. The van der Waals surface area contributed by atoms with Crippen LogP contribution in [-0.4, -0.2) is 35.7 Å². The maximum Gasteiger partial charge on any atom is 0.337 e. The highest BCUT2D eigenvalue weighted by atomic mass is 35.5. The molecule has 5 nitrogen and oxygen atoms in total. The number of carboxylic acid groups (broad SMARTS) is 1. The number of piperidine rings is 1. The summed E-state index contributed by atoms with van der Waals surface area (Å²) in [5.74, 6) is 0.365. The molecule has 0 spiro atoms. The van der Waals surface area contributed by atoms with Crippen molar-refractivity contribution >= 4 is 46.6 Å². The molecule has 4 aromatic rings. The number of fused-ring (bicyclic) bond motifs is 1. The van der Waals surface area contributed by atoms with Crippen molar-refractivity contribution in [3.8, 4) is 0 Å². The maximum atomic E-state index is 11.3. The molecule has 1 saturated heterocycles. The number of benzene rings is 3. The second kappa shape index (κ2) is 12.0. The third-order valence-corrected chi connectivity index (χ3v) is 7.61. The fourth-order valence-electron chi connectivity index (χ4n) is 5.36. The highest BCUT2D eigenvalue weighted by Crippen LogP contribution is 2.36. The second-order valence-electron chi connectivity index (χ2n) is 9.54. The van der Waals surface area contributed by atoms with Crippen molar-refractivity contribution in [3.05, 3.63) is 107 Å². The van der Waals surface area contributed by atoms with Crippen LogP contribution >= 0.6 is 24.0 Å². The van der Waals surface area contributed by atoms with Gasteiger partial charge in [-0.25, -0.2) is 9.78 Å². The summed E-state index contributed by atoms with van der Waals surface area (Å²) in [4.78, 5) is 17.9. The van der Waals surface area contributed by atoms with Crippen molar-refractivity contribution in [1.29, 1.82) is 0 Å². The molecule has 5 rings (SSSR count). The number of aromatic nitrogens is 1. The lowest BCUT2D eigenvalue weighted by molar-refractivity contribution is 0.0696. The van der Waals surface area contributed by atoms with Crippen LogP contribution in [0.25, 0.3) is 10.8 Å². The van der Waals surface area contributed by atoms with Gasteiger partial charge in [0.05, 0.1) is 10.6 Å². The minimum atomic E-state index is -1.02. The SMILES string of the molecule is C[C@@H](NCC1CCN(c2ncc(C(=O)O)cc2Cl)CC1c1ccccc1)c1cccc2ccccc12.Cl. The van der Waals surface area contributed by atoms with Gasteiger partial charge in [-0.3, -0.25) is 0 Å². The number of pyridine rings is 1. The highest BCUT2D eigenvalue weighted by Gasteiger charge is 2.32. The van der Waals surface area contributed by atoms with Crippen LogP contribution in [0.2, 0.25) is 5.02 Å². The van der Waals surface area contributed by atoms with Gasteiger partial charge < -0.3 is 15.3 Å². The lowest BCUT2D eigenvalue weighted by atomic mass is 9.80. The van der Waals surface area contributed by atoms with Crippen molar-refractivity contribution in [2.45, 2.75) is 25.3 Å². The maximum absolute atomic E-state index is 11.3. The van der Waals surface area contributed by atoms with Crippen molar-refractivity contribution in [3.63, 3.8) is 0 Å². The molecular weight excluding hydrogens is 505 g/mol. The molecule has 2 unspecified atom stereocenters. The van der Waals surface area contributed by atoms with Gasteiger partial charge in [-0.2, -0.15) is 0 Å². The molecule has 0 aliphatic carbocycles. The first-order valence-electron chi connectivity index (χ1n) is 12.4. The van der Waals surface area contributed by atoms with E-state index in [1.165, 1.54) is 34.2 Å². The van der Waals surface area contributed by atoms with Gasteiger partial charge in [0, 0.05) is 31.2 Å². The third kappa shape index (κ3) is 5.90. The average Bonchev–Trinajstić information content (AvgIpc) is 2.91. The van der Waals surface area contributed by atoms with Crippen LogP contribution in [0.3, 0.4) is 0 Å². The van der Waals surface area contributed by atoms with Gasteiger partial charge in [0.2, 0.25) is 0 Å². The number of nitrogens with one attached hydrogen (secondary N) is 1. The Morgan fingerprint density at radius 3 is 2.59 bits per heavy atom. The predicted octanol–water partition coefficient (Wildman–Crippen LogP) is 6.97. The van der Waals surface area contributed by atoms with Crippen LogP contribution in [0, 0.1) is 5.92 Å². The number of nitrogens with zero attached hydrogens (tertiary/aromatic N) is 2. The monoisotopic (exact) mass is 535 g/mol. The molecule has 0 bridgehead atoms. The summed E-state index contributed by atoms with van der Waals surface area (Å²) in [5, 5.41) is 16.0. The van der Waals surface area contributed by atoms with Gasteiger partial charge in [-0.1, -0.05) is 84.4 Å². The van der Waals surface area contributed by atoms with Crippen molar-refractivity contribution in [1.82, 2.24) is 10.3 Å². The van der Waals surface area contributed by atoms with Crippen molar-refractivity contribution in [2.75, 3.05) is 24.5 Å². The Bertz CT molecular complexity index is 1360. The van der Waals surface area contributed by atoms with Gasteiger partial charge in [0.1, 0.15) is 5.82 Å². The normalized spacial score (nSPS) is 18.3. The zero-order chi connectivity index (χ0) is 25.1. The van der Waals surface area contributed by atoms with Gasteiger partial charge in [0.15, 0.2) is 0 Å². The van der Waals surface area contributed by atoms with E-state index in [-0.39, 0.29) is 24.0 Å². The summed E-state index contributed by atoms with van der Waals surface area (Å²) < 4.78 is 0. The van der Waals surface area contributed by atoms with E-state index in [0.29, 0.717) is 22.7 Å². The number of anilines is 1. The minimum Gasteiger partial charge on any atom is -0.478 e. The Hall–Kier alpha value is -3.12. The lowest BCUT2D eigenvalue weighted by Crippen LogP contribution is -2.43. The quantitative estimate of drug-likeness (QED) is 0.267. The zero-order valence-electron chi connectivity index (χ0n) is 20.7. The topological polar surface area (TPSA) is 65.5 Å². The molecule has 192 valence electrons. The summed E-state index contributed by atoms with van der Waals surface area (Å²) in [6.07, 6.45) is 2.37. The number of hydrogen-bond donors (Lipinski definition) is 2. The van der Waals surface area contributed by atoms with E-state index in [1.54, 1.807) is 0 Å². The molecule has 3 atom stereocenters. The van der Waals surface area contributed by atoms with Crippen molar-refractivity contribution in [2.24, 2.45) is 5.92 Å². The first kappa shape index (κ1) is 26.9. The van der Waals surface area contributed by atoms with Crippen LogP contribution in [0.5, 0.6) is 0 Å². The number of carboxylic acids is 1. The van der Waals surface area contributed by atoms with E-state index >= 15 is 0 Å². The third-order valence-electron chi connectivity index (χ3n) is 7.33. The lowest BCUT2D eigenvalue weighted by Gasteiger charge is -2.40. The Morgan fingerprint density at radius 2 is 1.84 bits per heavy atom. The fraction of sp³-hybridized carbons (Fsp3) is 0.267.